The standard InChI is InChI=1S/C18H19N5O5S/c1-27-14-3-2-13(12-15(14)29(25,26)22-8-10-28-11-9-22)18(24)21-17-4-6-19-16-5-7-20-23(16)17/h2-7,12H,8-11H2,1H3,(H,21,24). The minimum Gasteiger partial charge on any atom is -0.495 e. The fourth-order valence-electron chi connectivity index (χ4n) is 3.06. The fourth-order valence-corrected chi connectivity index (χ4v) is 4.65. The first kappa shape index (κ1) is 19.3. The summed E-state index contributed by atoms with van der Waals surface area (Å²) in [6.07, 6.45) is 3.12. The number of sulfonamides is 1. The number of carbonyl (C=O) groups excluding carboxylic acids is 1. The third-order valence-corrected chi connectivity index (χ3v) is 6.47. The second kappa shape index (κ2) is 7.78. The van der Waals surface area contributed by atoms with Crippen LogP contribution in [0, 0.1) is 0 Å². The molecule has 1 saturated heterocycles. The van der Waals surface area contributed by atoms with Gasteiger partial charge in [-0.3, -0.25) is 4.79 Å². The number of fused-ring (bicyclic) bond motifs is 1. The molecule has 2 aromatic heterocycles. The molecule has 29 heavy (non-hydrogen) atoms. The number of ether oxygens (including phenoxy) is 2. The summed E-state index contributed by atoms with van der Waals surface area (Å²) in [6, 6.07) is 7.61. The summed E-state index contributed by atoms with van der Waals surface area (Å²) in [7, 11) is -2.45. The van der Waals surface area contributed by atoms with E-state index in [-0.39, 0.29) is 29.3 Å². The number of carbonyl (C=O) groups is 1. The Bertz CT molecular complexity index is 1150. The molecule has 0 aliphatic carbocycles. The van der Waals surface area contributed by atoms with Gasteiger partial charge in [-0.25, -0.2) is 13.4 Å². The van der Waals surface area contributed by atoms with E-state index in [1.165, 1.54) is 34.1 Å². The molecule has 0 spiro atoms. The Kier molecular flexibility index (Phi) is 5.18. The van der Waals surface area contributed by atoms with Gasteiger partial charge >= 0.3 is 0 Å². The smallest absolute Gasteiger partial charge is 0.256 e. The lowest BCUT2D eigenvalue weighted by Gasteiger charge is -2.26. The predicted octanol–water partition coefficient (Wildman–Crippen LogP) is 1.01. The van der Waals surface area contributed by atoms with Crippen molar-refractivity contribution in [3.05, 3.63) is 48.3 Å². The van der Waals surface area contributed by atoms with Crippen LogP contribution in [0.25, 0.3) is 5.65 Å². The summed E-state index contributed by atoms with van der Waals surface area (Å²) >= 11 is 0. The molecular weight excluding hydrogens is 398 g/mol. The van der Waals surface area contributed by atoms with Gasteiger partial charge < -0.3 is 14.8 Å². The summed E-state index contributed by atoms with van der Waals surface area (Å²) in [6.45, 7) is 1.14. The van der Waals surface area contributed by atoms with Crippen LogP contribution in [0.5, 0.6) is 5.75 Å². The van der Waals surface area contributed by atoms with E-state index in [0.29, 0.717) is 24.7 Å². The molecule has 0 bridgehead atoms. The van der Waals surface area contributed by atoms with Crippen molar-refractivity contribution in [2.24, 2.45) is 0 Å². The average molecular weight is 417 g/mol. The molecule has 11 heteroatoms. The number of nitrogens with zero attached hydrogens (tertiary/aromatic N) is 4. The SMILES string of the molecule is COc1ccc(C(=O)Nc2ccnc3ccnn23)cc1S(=O)(=O)N1CCOCC1. The quantitative estimate of drug-likeness (QED) is 0.659. The number of hydrogen-bond acceptors (Lipinski definition) is 7. The van der Waals surface area contributed by atoms with Crippen LogP contribution >= 0.6 is 0 Å². The summed E-state index contributed by atoms with van der Waals surface area (Å²) < 4.78 is 39.4. The van der Waals surface area contributed by atoms with Crippen molar-refractivity contribution in [3.8, 4) is 5.75 Å². The molecule has 152 valence electrons. The highest BCUT2D eigenvalue weighted by Gasteiger charge is 2.30. The number of anilines is 1. The van der Waals surface area contributed by atoms with Gasteiger partial charge in [-0.05, 0) is 24.3 Å². The zero-order valence-corrected chi connectivity index (χ0v) is 16.4. The van der Waals surface area contributed by atoms with Gasteiger partial charge in [-0.2, -0.15) is 13.9 Å². The molecule has 1 aromatic carbocycles. The van der Waals surface area contributed by atoms with E-state index in [0.717, 1.165) is 0 Å². The first-order valence-electron chi connectivity index (χ1n) is 8.87. The molecule has 1 amide bonds. The second-order valence-electron chi connectivity index (χ2n) is 6.27. The van der Waals surface area contributed by atoms with Gasteiger partial charge in [-0.1, -0.05) is 0 Å². The van der Waals surface area contributed by atoms with Crippen LogP contribution in [0.1, 0.15) is 10.4 Å². The maximum absolute atomic E-state index is 13.1. The van der Waals surface area contributed by atoms with Gasteiger partial charge in [0.1, 0.15) is 16.5 Å². The van der Waals surface area contributed by atoms with Crippen molar-refractivity contribution >= 4 is 27.4 Å². The molecule has 4 rings (SSSR count). The molecule has 1 aliphatic heterocycles. The van der Waals surface area contributed by atoms with E-state index in [1.54, 1.807) is 24.5 Å². The number of rotatable bonds is 5. The van der Waals surface area contributed by atoms with Crippen LogP contribution in [-0.2, 0) is 14.8 Å². The highest BCUT2D eigenvalue weighted by Crippen LogP contribution is 2.28. The number of methoxy groups -OCH3 is 1. The van der Waals surface area contributed by atoms with Crippen LogP contribution in [0.3, 0.4) is 0 Å². The lowest BCUT2D eigenvalue weighted by atomic mass is 10.2. The van der Waals surface area contributed by atoms with Gasteiger partial charge in [0.25, 0.3) is 5.91 Å². The van der Waals surface area contributed by atoms with Crippen LogP contribution in [0.15, 0.2) is 47.6 Å². The summed E-state index contributed by atoms with van der Waals surface area (Å²) in [5.74, 6) is 0.110. The van der Waals surface area contributed by atoms with Crippen LogP contribution in [-0.4, -0.2) is 66.6 Å². The minimum absolute atomic E-state index is 0.0616. The van der Waals surface area contributed by atoms with Crippen molar-refractivity contribution in [3.63, 3.8) is 0 Å². The molecule has 1 N–H and O–H groups in total. The van der Waals surface area contributed by atoms with Crippen LogP contribution in [0.4, 0.5) is 5.82 Å². The van der Waals surface area contributed by atoms with Crippen LogP contribution in [0.2, 0.25) is 0 Å². The second-order valence-corrected chi connectivity index (χ2v) is 8.17. The maximum atomic E-state index is 13.1. The normalized spacial score (nSPS) is 15.3. The highest BCUT2D eigenvalue weighted by atomic mass is 32.2. The Morgan fingerprint density at radius 1 is 1.17 bits per heavy atom. The predicted molar refractivity (Wildman–Crippen MR) is 104 cm³/mol. The number of hydrogen-bond donors (Lipinski definition) is 1. The van der Waals surface area contributed by atoms with Gasteiger partial charge in [-0.15, -0.1) is 0 Å². The van der Waals surface area contributed by atoms with Gasteiger partial charge in [0.15, 0.2) is 5.65 Å². The Morgan fingerprint density at radius 2 is 1.97 bits per heavy atom. The summed E-state index contributed by atoms with van der Waals surface area (Å²) in [5, 5.41) is 6.85. The summed E-state index contributed by atoms with van der Waals surface area (Å²) in [4.78, 5) is 16.9. The Hall–Kier alpha value is -3.02. The monoisotopic (exact) mass is 417 g/mol. The van der Waals surface area contributed by atoms with Crippen LogP contribution < -0.4 is 10.1 Å². The highest BCUT2D eigenvalue weighted by molar-refractivity contribution is 7.89. The molecule has 0 atom stereocenters. The third kappa shape index (κ3) is 3.67. The fraction of sp³-hybridized carbons (Fsp3) is 0.278. The maximum Gasteiger partial charge on any atom is 0.256 e. The lowest BCUT2D eigenvalue weighted by Crippen LogP contribution is -2.40. The molecule has 3 heterocycles. The van der Waals surface area contributed by atoms with Gasteiger partial charge in [0.05, 0.1) is 26.5 Å². The zero-order chi connectivity index (χ0) is 20.4. The van der Waals surface area contributed by atoms with Crippen molar-refractivity contribution in [2.45, 2.75) is 4.90 Å². The average Bonchev–Trinajstić information content (AvgIpc) is 3.24. The minimum atomic E-state index is -3.84. The van der Waals surface area contributed by atoms with E-state index in [1.807, 2.05) is 0 Å². The molecule has 0 saturated carbocycles. The third-order valence-electron chi connectivity index (χ3n) is 4.55. The molecule has 3 aromatic rings. The number of nitrogens with one attached hydrogen (secondary N) is 1. The number of amides is 1. The first-order valence-corrected chi connectivity index (χ1v) is 10.3. The van der Waals surface area contributed by atoms with Crippen molar-refractivity contribution in [1.82, 2.24) is 18.9 Å². The first-order chi connectivity index (χ1) is 14.0. The van der Waals surface area contributed by atoms with Gasteiger partial charge in [0.2, 0.25) is 10.0 Å². The molecule has 0 unspecified atom stereocenters. The van der Waals surface area contributed by atoms with E-state index in [2.05, 4.69) is 15.4 Å². The summed E-state index contributed by atoms with van der Waals surface area (Å²) in [5.41, 5.74) is 0.753. The number of aromatic nitrogens is 3. The van der Waals surface area contributed by atoms with E-state index in [9.17, 15) is 13.2 Å². The molecule has 1 fully saturated rings. The Labute approximate surface area is 167 Å². The Balaban J connectivity index is 1.67. The van der Waals surface area contributed by atoms with Gasteiger partial charge in [0, 0.05) is 30.9 Å². The zero-order valence-electron chi connectivity index (χ0n) is 15.6. The van der Waals surface area contributed by atoms with E-state index in [4.69, 9.17) is 9.47 Å². The number of benzene rings is 1. The molecular formula is C18H19N5O5S. The Morgan fingerprint density at radius 3 is 2.72 bits per heavy atom. The molecule has 10 nitrogen and oxygen atoms in total. The van der Waals surface area contributed by atoms with Crippen molar-refractivity contribution in [2.75, 3.05) is 38.7 Å². The lowest BCUT2D eigenvalue weighted by molar-refractivity contribution is 0.0729. The molecule has 0 radical (unpaired) electrons. The van der Waals surface area contributed by atoms with E-state index < -0.39 is 15.9 Å². The largest absolute Gasteiger partial charge is 0.495 e. The van der Waals surface area contributed by atoms with E-state index >= 15 is 0 Å². The van der Waals surface area contributed by atoms with Crippen molar-refractivity contribution in [1.29, 1.82) is 0 Å². The topological polar surface area (TPSA) is 115 Å². The molecule has 1 aliphatic rings. The number of morpholine rings is 1. The van der Waals surface area contributed by atoms with Crippen molar-refractivity contribution < 1.29 is 22.7 Å².